The molecule has 0 spiro atoms. The monoisotopic (exact) mass is 588 g/mol. The molecule has 11 heteroatoms. The number of nitriles is 1. The van der Waals surface area contributed by atoms with Crippen molar-refractivity contribution in [3.8, 4) is 6.07 Å². The number of anilines is 1. The van der Waals surface area contributed by atoms with Gasteiger partial charge in [0.1, 0.15) is 11.9 Å². The van der Waals surface area contributed by atoms with E-state index in [1.807, 2.05) is 61.5 Å². The van der Waals surface area contributed by atoms with Gasteiger partial charge in [-0.25, -0.2) is 9.97 Å². The van der Waals surface area contributed by atoms with Crippen LogP contribution in [0.15, 0.2) is 94.2 Å². The van der Waals surface area contributed by atoms with Gasteiger partial charge in [-0.15, -0.1) is 11.3 Å². The number of carbonyl (C=O) groups excluding carboxylic acids is 1. The maximum Gasteiger partial charge on any atom is 0.283 e. The number of H-pyrrole nitrogens is 1. The Hall–Kier alpha value is -5.31. The van der Waals surface area contributed by atoms with Crippen LogP contribution in [0.25, 0.3) is 32.9 Å². The fourth-order valence-corrected chi connectivity index (χ4v) is 6.55. The molecule has 0 fully saturated rings. The molecular weight excluding hydrogens is 569 g/mol. The number of nitro benzene ring substituents is 1. The molecule has 42 heavy (non-hydrogen) atoms. The summed E-state index contributed by atoms with van der Waals surface area (Å²) in [6, 6.07) is 27.2. The Balaban J connectivity index is 1.25. The van der Waals surface area contributed by atoms with Gasteiger partial charge in [-0.3, -0.25) is 14.9 Å². The Labute approximate surface area is 247 Å². The lowest BCUT2D eigenvalue weighted by molar-refractivity contribution is -0.387. The van der Waals surface area contributed by atoms with Crippen LogP contribution in [0, 0.1) is 28.4 Å². The quantitative estimate of drug-likeness (QED) is 0.110. The zero-order valence-electron chi connectivity index (χ0n) is 22.0. The van der Waals surface area contributed by atoms with Crippen molar-refractivity contribution in [1.82, 2.24) is 15.0 Å². The SMILES string of the molecule is Cc1ccccc1C(=O)Nc1ccc2nc(Sc3ccc(/C=C(\C#N)c4nc5ccccc5[nH]4)cc3[N+](=O)[O-])sc2c1. The Morgan fingerprint density at radius 2 is 1.86 bits per heavy atom. The van der Waals surface area contributed by atoms with Crippen molar-refractivity contribution in [2.24, 2.45) is 0 Å². The highest BCUT2D eigenvalue weighted by Gasteiger charge is 2.19. The molecule has 2 N–H and O–H groups in total. The first-order valence-corrected chi connectivity index (χ1v) is 14.3. The normalized spacial score (nSPS) is 11.5. The molecule has 0 saturated heterocycles. The van der Waals surface area contributed by atoms with Gasteiger partial charge in [0.05, 0.1) is 36.6 Å². The molecule has 9 nitrogen and oxygen atoms in total. The number of benzene rings is 4. The molecule has 0 aliphatic heterocycles. The van der Waals surface area contributed by atoms with Crippen molar-refractivity contribution in [2.45, 2.75) is 16.2 Å². The molecule has 0 unspecified atom stereocenters. The van der Waals surface area contributed by atoms with Crippen LogP contribution in [-0.4, -0.2) is 25.8 Å². The van der Waals surface area contributed by atoms with E-state index in [1.165, 1.54) is 29.2 Å². The molecule has 0 radical (unpaired) electrons. The average Bonchev–Trinajstić information content (AvgIpc) is 3.60. The first-order chi connectivity index (χ1) is 20.4. The molecule has 4 aromatic carbocycles. The molecule has 6 rings (SSSR count). The minimum atomic E-state index is -0.445. The van der Waals surface area contributed by atoms with Crippen molar-refractivity contribution in [1.29, 1.82) is 5.26 Å². The Morgan fingerprint density at radius 1 is 1.05 bits per heavy atom. The summed E-state index contributed by atoms with van der Waals surface area (Å²) >= 11 is 2.57. The third-order valence-corrected chi connectivity index (χ3v) is 8.61. The van der Waals surface area contributed by atoms with Gasteiger partial charge in [0.25, 0.3) is 11.6 Å². The van der Waals surface area contributed by atoms with E-state index in [9.17, 15) is 20.2 Å². The molecule has 0 aliphatic rings. The molecule has 2 heterocycles. The number of rotatable bonds is 7. The number of carbonyl (C=O) groups is 1. The first kappa shape index (κ1) is 26.9. The van der Waals surface area contributed by atoms with Gasteiger partial charge in [-0.05, 0) is 66.6 Å². The van der Waals surface area contributed by atoms with Crippen LogP contribution < -0.4 is 5.32 Å². The molecule has 204 valence electrons. The number of nitrogens with zero attached hydrogens (tertiary/aromatic N) is 4. The highest BCUT2D eigenvalue weighted by Crippen LogP contribution is 2.40. The van der Waals surface area contributed by atoms with E-state index in [-0.39, 0.29) is 17.2 Å². The maximum atomic E-state index is 12.7. The van der Waals surface area contributed by atoms with Gasteiger partial charge in [0.15, 0.2) is 4.34 Å². The maximum absolute atomic E-state index is 12.7. The van der Waals surface area contributed by atoms with E-state index in [0.29, 0.717) is 31.9 Å². The molecule has 6 aromatic rings. The molecule has 0 bridgehead atoms. The zero-order valence-corrected chi connectivity index (χ0v) is 23.6. The summed E-state index contributed by atoms with van der Waals surface area (Å²) in [5.41, 5.74) is 5.03. The summed E-state index contributed by atoms with van der Waals surface area (Å²) in [7, 11) is 0. The summed E-state index contributed by atoms with van der Waals surface area (Å²) in [5, 5.41) is 24.7. The summed E-state index contributed by atoms with van der Waals surface area (Å²) in [4.78, 5) is 36.9. The van der Waals surface area contributed by atoms with Crippen LogP contribution in [-0.2, 0) is 0 Å². The number of nitrogens with one attached hydrogen (secondary N) is 2. The van der Waals surface area contributed by atoms with Crippen LogP contribution in [0.5, 0.6) is 0 Å². The summed E-state index contributed by atoms with van der Waals surface area (Å²) < 4.78 is 1.46. The van der Waals surface area contributed by atoms with Crippen molar-refractivity contribution in [3.63, 3.8) is 0 Å². The second-order valence-corrected chi connectivity index (χ2v) is 11.6. The van der Waals surface area contributed by atoms with E-state index >= 15 is 0 Å². The lowest BCUT2D eigenvalue weighted by Gasteiger charge is -2.07. The molecular formula is C31H20N6O3S2. The number of para-hydroxylation sites is 2. The number of aryl methyl sites for hydroxylation is 1. The highest BCUT2D eigenvalue weighted by atomic mass is 32.2. The van der Waals surface area contributed by atoms with Crippen LogP contribution in [0.2, 0.25) is 0 Å². The Morgan fingerprint density at radius 3 is 2.64 bits per heavy atom. The lowest BCUT2D eigenvalue weighted by atomic mass is 10.1. The summed E-state index contributed by atoms with van der Waals surface area (Å²) in [5.74, 6) is 0.194. The fourth-order valence-electron chi connectivity index (χ4n) is 4.40. The smallest absolute Gasteiger partial charge is 0.283 e. The molecule has 0 atom stereocenters. The number of aromatic amines is 1. The van der Waals surface area contributed by atoms with E-state index < -0.39 is 4.92 Å². The molecule has 0 aliphatic carbocycles. The summed E-state index contributed by atoms with van der Waals surface area (Å²) in [6.45, 7) is 1.88. The third-order valence-electron chi connectivity index (χ3n) is 6.47. The van der Waals surface area contributed by atoms with Crippen LogP contribution in [0.3, 0.4) is 0 Å². The first-order valence-electron chi connectivity index (χ1n) is 12.7. The number of thiazole rings is 1. The van der Waals surface area contributed by atoms with E-state index in [2.05, 4.69) is 26.3 Å². The van der Waals surface area contributed by atoms with Crippen molar-refractivity contribution in [2.75, 3.05) is 5.32 Å². The fraction of sp³-hybridized carbons (Fsp3) is 0.0323. The topological polar surface area (TPSA) is 138 Å². The number of aromatic nitrogens is 3. The van der Waals surface area contributed by atoms with Gasteiger partial charge in [-0.2, -0.15) is 5.26 Å². The molecule has 2 aromatic heterocycles. The van der Waals surface area contributed by atoms with Crippen molar-refractivity contribution >= 4 is 73.3 Å². The van der Waals surface area contributed by atoms with Crippen LogP contribution in [0.1, 0.15) is 27.3 Å². The molecule has 0 saturated carbocycles. The standard InChI is InChI=1S/C31H20N6O3S2/c1-18-6-2-3-7-22(18)30(38)33-21-11-12-25-28(16-21)42-31(36-25)41-27-13-10-19(15-26(27)37(39)40)14-20(17-32)29-34-23-8-4-5-9-24(23)35-29/h2-16H,1H3,(H,33,38)(H,34,35)/b20-14+. The van der Waals surface area contributed by atoms with Crippen LogP contribution >= 0.6 is 23.1 Å². The third kappa shape index (κ3) is 5.49. The Kier molecular flexibility index (Phi) is 7.23. The van der Waals surface area contributed by atoms with Gasteiger partial charge < -0.3 is 10.3 Å². The van der Waals surface area contributed by atoms with Crippen LogP contribution in [0.4, 0.5) is 11.4 Å². The second-order valence-electron chi connectivity index (χ2n) is 9.29. The lowest BCUT2D eigenvalue weighted by Crippen LogP contribution is -2.13. The largest absolute Gasteiger partial charge is 0.337 e. The Bertz CT molecular complexity index is 2060. The minimum Gasteiger partial charge on any atom is -0.337 e. The predicted octanol–water partition coefficient (Wildman–Crippen LogP) is 7.86. The second kappa shape index (κ2) is 11.3. The van der Waals surface area contributed by atoms with Gasteiger partial charge in [0, 0.05) is 17.3 Å². The number of nitro groups is 1. The highest BCUT2D eigenvalue weighted by molar-refractivity contribution is 8.01. The van der Waals surface area contributed by atoms with E-state index in [4.69, 9.17) is 0 Å². The number of hydrogen-bond acceptors (Lipinski definition) is 8. The molecule has 1 amide bonds. The van der Waals surface area contributed by atoms with Crippen molar-refractivity contribution in [3.05, 3.63) is 118 Å². The number of fused-ring (bicyclic) bond motifs is 2. The zero-order chi connectivity index (χ0) is 29.2. The number of allylic oxidation sites excluding steroid dienone is 1. The summed E-state index contributed by atoms with van der Waals surface area (Å²) in [6.07, 6.45) is 1.57. The van der Waals surface area contributed by atoms with E-state index in [1.54, 1.807) is 30.3 Å². The number of amides is 1. The van der Waals surface area contributed by atoms with Gasteiger partial charge in [0.2, 0.25) is 0 Å². The number of imidazole rings is 1. The van der Waals surface area contributed by atoms with Crippen molar-refractivity contribution < 1.29 is 9.72 Å². The predicted molar refractivity (Wildman–Crippen MR) is 166 cm³/mol. The average molecular weight is 589 g/mol. The minimum absolute atomic E-state index is 0.0962. The van der Waals surface area contributed by atoms with Gasteiger partial charge in [-0.1, -0.05) is 48.2 Å². The van der Waals surface area contributed by atoms with Gasteiger partial charge >= 0.3 is 0 Å². The number of hydrogen-bond donors (Lipinski definition) is 2. The van der Waals surface area contributed by atoms with E-state index in [0.717, 1.165) is 26.8 Å².